The van der Waals surface area contributed by atoms with E-state index < -0.39 is 5.38 Å². The molecule has 0 heterocycles. The Morgan fingerprint density at radius 1 is 1.57 bits per heavy atom. The second kappa shape index (κ2) is 4.99. The largest absolute Gasteiger partial charge is 0.396 e. The van der Waals surface area contributed by atoms with Crippen molar-refractivity contribution in [3.63, 3.8) is 0 Å². The monoisotopic (exact) mass is 219 g/mol. The Morgan fingerprint density at radius 3 is 2.57 bits per heavy atom. The van der Waals surface area contributed by atoms with Crippen molar-refractivity contribution in [2.75, 3.05) is 13.2 Å². The van der Waals surface area contributed by atoms with Crippen LogP contribution in [0.5, 0.6) is 0 Å². The zero-order valence-corrected chi connectivity index (χ0v) is 9.31. The first kappa shape index (κ1) is 11.8. The zero-order valence-electron chi connectivity index (χ0n) is 8.55. The van der Waals surface area contributed by atoms with Crippen molar-refractivity contribution in [1.82, 2.24) is 5.32 Å². The van der Waals surface area contributed by atoms with E-state index in [0.717, 1.165) is 25.7 Å². The Hall–Kier alpha value is -0.280. The Kier molecular flexibility index (Phi) is 4.20. The molecule has 1 aliphatic rings. The van der Waals surface area contributed by atoms with Crippen LogP contribution in [0.3, 0.4) is 0 Å². The summed E-state index contributed by atoms with van der Waals surface area (Å²) in [5, 5.41) is 11.6. The number of hydrogen-bond donors (Lipinski definition) is 2. The van der Waals surface area contributed by atoms with Crippen LogP contribution in [0.1, 0.15) is 32.6 Å². The van der Waals surface area contributed by atoms with Crippen molar-refractivity contribution in [2.45, 2.75) is 38.0 Å². The van der Waals surface area contributed by atoms with Crippen LogP contribution in [0.15, 0.2) is 0 Å². The second-order valence-electron chi connectivity index (χ2n) is 4.20. The van der Waals surface area contributed by atoms with Crippen LogP contribution in [0.2, 0.25) is 0 Å². The number of hydrogen-bond acceptors (Lipinski definition) is 2. The first-order valence-corrected chi connectivity index (χ1v) is 5.56. The fourth-order valence-electron chi connectivity index (χ4n) is 1.93. The molecule has 0 aromatic heterocycles. The predicted octanol–water partition coefficient (Wildman–Crippen LogP) is 1.28. The van der Waals surface area contributed by atoms with Crippen LogP contribution in [-0.2, 0) is 4.79 Å². The van der Waals surface area contributed by atoms with Gasteiger partial charge in [0.05, 0.1) is 6.61 Å². The first-order chi connectivity index (χ1) is 6.59. The standard InChI is InChI=1S/C10H18ClNO2/c1-8(11)9(14)12-6-10(7-13)4-2-3-5-10/h8,13H,2-7H2,1H3,(H,12,14). The van der Waals surface area contributed by atoms with Crippen LogP contribution in [0.25, 0.3) is 0 Å². The number of alkyl halides is 1. The summed E-state index contributed by atoms with van der Waals surface area (Å²) in [5.41, 5.74) is -0.0819. The lowest BCUT2D eigenvalue weighted by atomic mass is 9.87. The van der Waals surface area contributed by atoms with E-state index in [-0.39, 0.29) is 17.9 Å². The molecule has 4 heteroatoms. The highest BCUT2D eigenvalue weighted by Gasteiger charge is 2.33. The van der Waals surface area contributed by atoms with E-state index in [1.165, 1.54) is 0 Å². The van der Waals surface area contributed by atoms with E-state index >= 15 is 0 Å². The van der Waals surface area contributed by atoms with E-state index in [9.17, 15) is 9.90 Å². The average molecular weight is 220 g/mol. The molecule has 0 saturated heterocycles. The summed E-state index contributed by atoms with van der Waals surface area (Å²) in [4.78, 5) is 11.2. The molecule has 0 aromatic carbocycles. The molecule has 0 spiro atoms. The van der Waals surface area contributed by atoms with Crippen LogP contribution in [0.4, 0.5) is 0 Å². The van der Waals surface area contributed by atoms with E-state index in [2.05, 4.69) is 5.32 Å². The van der Waals surface area contributed by atoms with Gasteiger partial charge in [-0.25, -0.2) is 0 Å². The molecule has 0 aromatic rings. The zero-order chi connectivity index (χ0) is 10.6. The van der Waals surface area contributed by atoms with Crippen LogP contribution < -0.4 is 5.32 Å². The van der Waals surface area contributed by atoms with Gasteiger partial charge < -0.3 is 10.4 Å². The molecule has 1 fully saturated rings. The van der Waals surface area contributed by atoms with Gasteiger partial charge in [-0.15, -0.1) is 11.6 Å². The minimum Gasteiger partial charge on any atom is -0.396 e. The van der Waals surface area contributed by atoms with Gasteiger partial charge in [-0.2, -0.15) is 0 Å². The highest BCUT2D eigenvalue weighted by molar-refractivity contribution is 6.30. The molecule has 1 rings (SSSR count). The van der Waals surface area contributed by atoms with Gasteiger partial charge in [-0.3, -0.25) is 4.79 Å². The van der Waals surface area contributed by atoms with Gasteiger partial charge in [0.25, 0.3) is 0 Å². The van der Waals surface area contributed by atoms with Crippen molar-refractivity contribution >= 4 is 17.5 Å². The molecule has 1 saturated carbocycles. The average Bonchev–Trinajstić information content (AvgIpc) is 2.63. The lowest BCUT2D eigenvalue weighted by Gasteiger charge is -2.26. The highest BCUT2D eigenvalue weighted by Crippen LogP contribution is 2.36. The second-order valence-corrected chi connectivity index (χ2v) is 4.85. The minimum atomic E-state index is -0.493. The van der Waals surface area contributed by atoms with Gasteiger partial charge in [0.15, 0.2) is 0 Å². The van der Waals surface area contributed by atoms with Crippen molar-refractivity contribution in [3.05, 3.63) is 0 Å². The molecular weight excluding hydrogens is 202 g/mol. The quantitative estimate of drug-likeness (QED) is 0.700. The molecule has 0 bridgehead atoms. The van der Waals surface area contributed by atoms with Gasteiger partial charge in [-0.1, -0.05) is 12.8 Å². The molecule has 1 atom stereocenters. The molecule has 0 aliphatic heterocycles. The normalized spacial score (nSPS) is 21.9. The molecule has 2 N–H and O–H groups in total. The van der Waals surface area contributed by atoms with Crippen LogP contribution in [0, 0.1) is 5.41 Å². The van der Waals surface area contributed by atoms with Gasteiger partial charge in [0, 0.05) is 12.0 Å². The Labute approximate surface area is 89.8 Å². The van der Waals surface area contributed by atoms with E-state index in [1.807, 2.05) is 0 Å². The smallest absolute Gasteiger partial charge is 0.237 e. The maximum absolute atomic E-state index is 11.2. The Balaban J connectivity index is 2.38. The molecule has 1 amide bonds. The van der Waals surface area contributed by atoms with E-state index in [4.69, 9.17) is 11.6 Å². The van der Waals surface area contributed by atoms with Gasteiger partial charge in [0.1, 0.15) is 5.38 Å². The maximum Gasteiger partial charge on any atom is 0.237 e. The third kappa shape index (κ3) is 2.85. The number of carbonyl (C=O) groups is 1. The fraction of sp³-hybridized carbons (Fsp3) is 0.900. The number of nitrogens with one attached hydrogen (secondary N) is 1. The third-order valence-corrected chi connectivity index (χ3v) is 3.20. The molecule has 1 aliphatic carbocycles. The van der Waals surface area contributed by atoms with Gasteiger partial charge in [-0.05, 0) is 19.8 Å². The molecular formula is C10H18ClNO2. The lowest BCUT2D eigenvalue weighted by molar-refractivity contribution is -0.121. The minimum absolute atomic E-state index is 0.0819. The molecule has 3 nitrogen and oxygen atoms in total. The van der Waals surface area contributed by atoms with E-state index in [1.54, 1.807) is 6.92 Å². The molecule has 82 valence electrons. The van der Waals surface area contributed by atoms with Gasteiger partial charge in [0.2, 0.25) is 5.91 Å². The SMILES string of the molecule is CC(Cl)C(=O)NCC1(CO)CCCC1. The van der Waals surface area contributed by atoms with Crippen LogP contribution in [-0.4, -0.2) is 29.5 Å². The first-order valence-electron chi connectivity index (χ1n) is 5.12. The lowest BCUT2D eigenvalue weighted by Crippen LogP contribution is -2.40. The number of halogens is 1. The summed E-state index contributed by atoms with van der Waals surface area (Å²) in [6.45, 7) is 2.36. The predicted molar refractivity (Wildman–Crippen MR) is 56.3 cm³/mol. The van der Waals surface area contributed by atoms with E-state index in [0.29, 0.717) is 6.54 Å². The fourth-order valence-corrected chi connectivity index (χ4v) is 2.01. The number of carbonyl (C=O) groups excluding carboxylic acids is 1. The summed E-state index contributed by atoms with van der Waals surface area (Å²) in [5.74, 6) is -0.147. The highest BCUT2D eigenvalue weighted by atomic mass is 35.5. The summed E-state index contributed by atoms with van der Waals surface area (Å²) >= 11 is 5.63. The Morgan fingerprint density at radius 2 is 2.14 bits per heavy atom. The summed E-state index contributed by atoms with van der Waals surface area (Å²) in [7, 11) is 0. The number of amides is 1. The van der Waals surface area contributed by atoms with Gasteiger partial charge >= 0.3 is 0 Å². The summed E-state index contributed by atoms with van der Waals surface area (Å²) < 4.78 is 0. The molecule has 14 heavy (non-hydrogen) atoms. The number of aliphatic hydroxyl groups excluding tert-OH is 1. The topological polar surface area (TPSA) is 49.3 Å². The Bertz CT molecular complexity index is 200. The van der Waals surface area contributed by atoms with Crippen molar-refractivity contribution in [3.8, 4) is 0 Å². The maximum atomic E-state index is 11.2. The van der Waals surface area contributed by atoms with Crippen molar-refractivity contribution in [1.29, 1.82) is 0 Å². The molecule has 0 radical (unpaired) electrons. The van der Waals surface area contributed by atoms with Crippen LogP contribution >= 0.6 is 11.6 Å². The number of rotatable bonds is 4. The summed E-state index contributed by atoms with van der Waals surface area (Å²) in [6, 6.07) is 0. The number of aliphatic hydroxyl groups is 1. The molecule has 1 unspecified atom stereocenters. The van der Waals surface area contributed by atoms with Crippen molar-refractivity contribution in [2.24, 2.45) is 5.41 Å². The third-order valence-electron chi connectivity index (χ3n) is 3.00. The van der Waals surface area contributed by atoms with Crippen molar-refractivity contribution < 1.29 is 9.90 Å². The summed E-state index contributed by atoms with van der Waals surface area (Å²) in [6.07, 6.45) is 4.29.